The molecule has 0 unspecified atom stereocenters. The molecule has 90 valence electrons. The highest BCUT2D eigenvalue weighted by Gasteiger charge is 2.02. The standard InChI is InChI=1S/C10H13FO4S/c1-16(12,13)15-7-6-14-8-9-4-2-3-5-10(9)11/h2-5H,6-8H2,1H3. The van der Waals surface area contributed by atoms with Crippen LogP contribution in [0, 0.1) is 5.82 Å². The van der Waals surface area contributed by atoms with E-state index in [4.69, 9.17) is 4.74 Å². The van der Waals surface area contributed by atoms with Gasteiger partial charge in [0.25, 0.3) is 10.1 Å². The molecule has 0 heterocycles. The molecule has 0 bridgehead atoms. The number of rotatable bonds is 6. The van der Waals surface area contributed by atoms with Gasteiger partial charge in [0.05, 0.1) is 26.1 Å². The molecule has 1 rings (SSSR count). The Morgan fingerprint density at radius 1 is 1.25 bits per heavy atom. The average molecular weight is 248 g/mol. The molecular formula is C10H13FO4S. The van der Waals surface area contributed by atoms with Crippen molar-refractivity contribution in [1.82, 2.24) is 0 Å². The minimum Gasteiger partial charge on any atom is -0.374 e. The van der Waals surface area contributed by atoms with E-state index in [1.165, 1.54) is 6.07 Å². The molecule has 0 aromatic heterocycles. The zero-order valence-electron chi connectivity index (χ0n) is 8.85. The molecule has 4 nitrogen and oxygen atoms in total. The smallest absolute Gasteiger partial charge is 0.264 e. The summed E-state index contributed by atoms with van der Waals surface area (Å²) in [4.78, 5) is 0. The molecule has 0 atom stereocenters. The SMILES string of the molecule is CS(=O)(=O)OCCOCc1ccccc1F. The van der Waals surface area contributed by atoms with E-state index in [-0.39, 0.29) is 25.6 Å². The van der Waals surface area contributed by atoms with Crippen LogP contribution in [0.15, 0.2) is 24.3 Å². The van der Waals surface area contributed by atoms with Crippen molar-refractivity contribution < 1.29 is 21.7 Å². The predicted octanol–water partition coefficient (Wildman–Crippen LogP) is 1.32. The van der Waals surface area contributed by atoms with Crippen LogP contribution in [0.4, 0.5) is 4.39 Å². The van der Waals surface area contributed by atoms with E-state index >= 15 is 0 Å². The maximum Gasteiger partial charge on any atom is 0.264 e. The van der Waals surface area contributed by atoms with Crippen LogP contribution in [0.1, 0.15) is 5.56 Å². The molecule has 0 radical (unpaired) electrons. The zero-order valence-corrected chi connectivity index (χ0v) is 9.67. The summed E-state index contributed by atoms with van der Waals surface area (Å²) < 4.78 is 43.8. The summed E-state index contributed by atoms with van der Waals surface area (Å²) >= 11 is 0. The number of halogens is 1. The molecule has 0 aliphatic rings. The van der Waals surface area contributed by atoms with Gasteiger partial charge >= 0.3 is 0 Å². The van der Waals surface area contributed by atoms with Crippen LogP contribution in [0.25, 0.3) is 0 Å². The Balaban J connectivity index is 2.24. The molecule has 1 aromatic rings. The van der Waals surface area contributed by atoms with Crippen molar-refractivity contribution in [1.29, 1.82) is 0 Å². The summed E-state index contributed by atoms with van der Waals surface area (Å²) in [5.41, 5.74) is 0.432. The zero-order chi connectivity index (χ0) is 12.0. The summed E-state index contributed by atoms with van der Waals surface area (Å²) in [6, 6.07) is 6.23. The van der Waals surface area contributed by atoms with E-state index < -0.39 is 10.1 Å². The van der Waals surface area contributed by atoms with E-state index in [1.807, 2.05) is 0 Å². The van der Waals surface area contributed by atoms with Gasteiger partial charge in [-0.15, -0.1) is 0 Å². The van der Waals surface area contributed by atoms with Gasteiger partial charge in [-0.05, 0) is 6.07 Å². The average Bonchev–Trinajstić information content (AvgIpc) is 2.18. The molecule has 16 heavy (non-hydrogen) atoms. The highest BCUT2D eigenvalue weighted by atomic mass is 32.2. The van der Waals surface area contributed by atoms with Crippen molar-refractivity contribution in [3.8, 4) is 0 Å². The first-order chi connectivity index (χ1) is 7.49. The van der Waals surface area contributed by atoms with Crippen LogP contribution in [0.5, 0.6) is 0 Å². The van der Waals surface area contributed by atoms with Gasteiger partial charge < -0.3 is 4.74 Å². The van der Waals surface area contributed by atoms with E-state index in [0.717, 1.165) is 6.26 Å². The lowest BCUT2D eigenvalue weighted by molar-refractivity contribution is 0.0893. The summed E-state index contributed by atoms with van der Waals surface area (Å²) in [6.45, 7) is 0.133. The van der Waals surface area contributed by atoms with Crippen LogP contribution >= 0.6 is 0 Å². The Morgan fingerprint density at radius 2 is 1.94 bits per heavy atom. The van der Waals surface area contributed by atoms with Crippen LogP contribution in [0.3, 0.4) is 0 Å². The topological polar surface area (TPSA) is 52.6 Å². The van der Waals surface area contributed by atoms with Gasteiger partial charge in [0.2, 0.25) is 0 Å². The maximum absolute atomic E-state index is 13.1. The van der Waals surface area contributed by atoms with E-state index in [1.54, 1.807) is 18.2 Å². The maximum atomic E-state index is 13.1. The Labute approximate surface area is 94.1 Å². The Hall–Kier alpha value is -0.980. The Morgan fingerprint density at radius 3 is 2.56 bits per heavy atom. The predicted molar refractivity (Wildman–Crippen MR) is 56.9 cm³/mol. The highest BCUT2D eigenvalue weighted by Crippen LogP contribution is 2.07. The summed E-state index contributed by atoms with van der Waals surface area (Å²) in [7, 11) is -3.43. The Kier molecular flexibility index (Phi) is 4.85. The van der Waals surface area contributed by atoms with Crippen LogP contribution in [-0.2, 0) is 25.6 Å². The fraction of sp³-hybridized carbons (Fsp3) is 0.400. The largest absolute Gasteiger partial charge is 0.374 e. The first-order valence-corrected chi connectivity index (χ1v) is 6.46. The Bertz CT molecular complexity index is 430. The first-order valence-electron chi connectivity index (χ1n) is 4.64. The third-order valence-corrected chi connectivity index (χ3v) is 2.34. The van der Waals surface area contributed by atoms with Gasteiger partial charge in [-0.3, -0.25) is 4.18 Å². The number of hydrogen-bond acceptors (Lipinski definition) is 4. The second kappa shape index (κ2) is 5.93. The molecule has 0 aliphatic heterocycles. The van der Waals surface area contributed by atoms with E-state index in [9.17, 15) is 12.8 Å². The lowest BCUT2D eigenvalue weighted by Crippen LogP contribution is -2.09. The lowest BCUT2D eigenvalue weighted by Gasteiger charge is -2.05. The minimum atomic E-state index is -3.43. The summed E-state index contributed by atoms with van der Waals surface area (Å²) in [5.74, 6) is -0.341. The van der Waals surface area contributed by atoms with Crippen molar-refractivity contribution in [2.75, 3.05) is 19.5 Å². The fourth-order valence-corrected chi connectivity index (χ4v) is 1.41. The quantitative estimate of drug-likeness (QED) is 0.563. The van der Waals surface area contributed by atoms with Crippen molar-refractivity contribution >= 4 is 10.1 Å². The van der Waals surface area contributed by atoms with Gasteiger partial charge in [0.15, 0.2) is 0 Å². The molecule has 0 N–H and O–H groups in total. The molecule has 0 saturated heterocycles. The molecule has 0 saturated carbocycles. The van der Waals surface area contributed by atoms with Gasteiger partial charge in [-0.2, -0.15) is 8.42 Å². The number of benzene rings is 1. The first kappa shape index (κ1) is 13.1. The van der Waals surface area contributed by atoms with Crippen LogP contribution in [0.2, 0.25) is 0 Å². The summed E-state index contributed by atoms with van der Waals surface area (Å²) in [6.07, 6.45) is 0.962. The minimum absolute atomic E-state index is 0.0622. The third-order valence-electron chi connectivity index (χ3n) is 1.74. The molecule has 0 amide bonds. The van der Waals surface area contributed by atoms with Gasteiger partial charge in [0, 0.05) is 5.56 Å². The number of hydrogen-bond donors (Lipinski definition) is 0. The normalized spacial score (nSPS) is 11.6. The second-order valence-electron chi connectivity index (χ2n) is 3.17. The van der Waals surface area contributed by atoms with E-state index in [0.29, 0.717) is 5.56 Å². The molecule has 1 aromatic carbocycles. The second-order valence-corrected chi connectivity index (χ2v) is 4.81. The van der Waals surface area contributed by atoms with Crippen molar-refractivity contribution in [2.24, 2.45) is 0 Å². The highest BCUT2D eigenvalue weighted by molar-refractivity contribution is 7.85. The summed E-state index contributed by atoms with van der Waals surface area (Å²) in [5, 5.41) is 0. The number of ether oxygens (including phenoxy) is 1. The van der Waals surface area contributed by atoms with Gasteiger partial charge in [0.1, 0.15) is 5.82 Å². The van der Waals surface area contributed by atoms with Crippen molar-refractivity contribution in [3.05, 3.63) is 35.6 Å². The molecule has 0 spiro atoms. The van der Waals surface area contributed by atoms with Gasteiger partial charge in [-0.25, -0.2) is 4.39 Å². The monoisotopic (exact) mass is 248 g/mol. The van der Waals surface area contributed by atoms with Crippen LogP contribution < -0.4 is 0 Å². The molecule has 6 heteroatoms. The van der Waals surface area contributed by atoms with Crippen molar-refractivity contribution in [3.63, 3.8) is 0 Å². The third kappa shape index (κ3) is 5.20. The lowest BCUT2D eigenvalue weighted by atomic mass is 10.2. The van der Waals surface area contributed by atoms with Crippen molar-refractivity contribution in [2.45, 2.75) is 6.61 Å². The molecular weight excluding hydrogens is 235 g/mol. The van der Waals surface area contributed by atoms with E-state index in [2.05, 4.69) is 4.18 Å². The molecule has 0 fully saturated rings. The fourth-order valence-electron chi connectivity index (χ4n) is 1.04. The molecule has 0 aliphatic carbocycles. The van der Waals surface area contributed by atoms with Crippen LogP contribution in [-0.4, -0.2) is 27.9 Å². The van der Waals surface area contributed by atoms with Gasteiger partial charge in [-0.1, -0.05) is 18.2 Å².